The van der Waals surface area contributed by atoms with E-state index in [2.05, 4.69) is 54.8 Å². The highest BCUT2D eigenvalue weighted by Gasteiger charge is 2.15. The SMILES string of the molecule is CCNC(=NCC(CC)c1ccccc1)NCCCOCC1CCOC1. The zero-order valence-corrected chi connectivity index (χ0v) is 16.4. The van der Waals surface area contributed by atoms with E-state index < -0.39 is 0 Å². The van der Waals surface area contributed by atoms with Crippen LogP contribution in [0.15, 0.2) is 35.3 Å². The molecule has 1 fully saturated rings. The highest BCUT2D eigenvalue weighted by molar-refractivity contribution is 5.79. The molecule has 26 heavy (non-hydrogen) atoms. The first-order valence-electron chi connectivity index (χ1n) is 10.1. The first kappa shape index (κ1) is 20.7. The van der Waals surface area contributed by atoms with Crippen molar-refractivity contribution in [1.29, 1.82) is 0 Å². The summed E-state index contributed by atoms with van der Waals surface area (Å²) in [5.41, 5.74) is 1.36. The van der Waals surface area contributed by atoms with Crippen molar-refractivity contribution in [2.75, 3.05) is 46.1 Å². The molecule has 1 aliphatic rings. The molecule has 0 spiro atoms. The molecule has 146 valence electrons. The van der Waals surface area contributed by atoms with Crippen LogP contribution < -0.4 is 10.6 Å². The van der Waals surface area contributed by atoms with Gasteiger partial charge >= 0.3 is 0 Å². The number of aliphatic imine (C=N–C) groups is 1. The second kappa shape index (κ2) is 12.7. The fraction of sp³-hybridized carbons (Fsp3) is 0.667. The van der Waals surface area contributed by atoms with Crippen LogP contribution in [0.1, 0.15) is 44.6 Å². The summed E-state index contributed by atoms with van der Waals surface area (Å²) in [6, 6.07) is 10.6. The minimum atomic E-state index is 0.462. The Bertz CT molecular complexity index is 501. The molecule has 2 N–H and O–H groups in total. The number of nitrogens with zero attached hydrogens (tertiary/aromatic N) is 1. The Hall–Kier alpha value is -1.59. The third-order valence-corrected chi connectivity index (χ3v) is 4.71. The Balaban J connectivity index is 1.68. The van der Waals surface area contributed by atoms with Gasteiger partial charge in [0.2, 0.25) is 0 Å². The zero-order valence-electron chi connectivity index (χ0n) is 16.4. The van der Waals surface area contributed by atoms with Gasteiger partial charge < -0.3 is 20.1 Å². The van der Waals surface area contributed by atoms with E-state index in [1.807, 2.05) is 0 Å². The Morgan fingerprint density at radius 1 is 1.27 bits per heavy atom. The van der Waals surface area contributed by atoms with Crippen LogP contribution in [0.4, 0.5) is 0 Å². The summed E-state index contributed by atoms with van der Waals surface area (Å²) >= 11 is 0. The first-order chi connectivity index (χ1) is 12.8. The van der Waals surface area contributed by atoms with Crippen LogP contribution in [0.25, 0.3) is 0 Å². The number of benzene rings is 1. The van der Waals surface area contributed by atoms with Gasteiger partial charge in [-0.3, -0.25) is 4.99 Å². The quantitative estimate of drug-likeness (QED) is 0.361. The summed E-state index contributed by atoms with van der Waals surface area (Å²) in [4.78, 5) is 4.78. The number of ether oxygens (including phenoxy) is 2. The van der Waals surface area contributed by atoms with Crippen molar-refractivity contribution in [3.05, 3.63) is 35.9 Å². The lowest BCUT2D eigenvalue weighted by Crippen LogP contribution is -2.38. The molecular formula is C21H35N3O2. The third-order valence-electron chi connectivity index (χ3n) is 4.71. The molecule has 0 aliphatic carbocycles. The van der Waals surface area contributed by atoms with E-state index in [1.54, 1.807) is 0 Å². The van der Waals surface area contributed by atoms with Gasteiger partial charge in [0.05, 0.1) is 13.2 Å². The third kappa shape index (κ3) is 7.75. The van der Waals surface area contributed by atoms with E-state index in [0.29, 0.717) is 11.8 Å². The van der Waals surface area contributed by atoms with Crippen molar-refractivity contribution >= 4 is 5.96 Å². The molecule has 1 heterocycles. The largest absolute Gasteiger partial charge is 0.381 e. The number of guanidine groups is 1. The smallest absolute Gasteiger partial charge is 0.191 e. The summed E-state index contributed by atoms with van der Waals surface area (Å²) in [6.07, 6.45) is 3.20. The first-order valence-corrected chi connectivity index (χ1v) is 10.1. The van der Waals surface area contributed by atoms with Gasteiger partial charge in [0.1, 0.15) is 0 Å². The predicted molar refractivity (Wildman–Crippen MR) is 108 cm³/mol. The molecule has 2 atom stereocenters. The normalized spacial score (nSPS) is 18.7. The topological polar surface area (TPSA) is 54.9 Å². The predicted octanol–water partition coefficient (Wildman–Crippen LogP) is 3.18. The van der Waals surface area contributed by atoms with Crippen LogP contribution in [-0.2, 0) is 9.47 Å². The summed E-state index contributed by atoms with van der Waals surface area (Å²) < 4.78 is 11.1. The summed E-state index contributed by atoms with van der Waals surface area (Å²) in [5.74, 6) is 1.94. The van der Waals surface area contributed by atoms with Crippen LogP contribution in [-0.4, -0.2) is 52.0 Å². The van der Waals surface area contributed by atoms with Gasteiger partial charge in [-0.2, -0.15) is 0 Å². The lowest BCUT2D eigenvalue weighted by molar-refractivity contribution is 0.0888. The zero-order chi connectivity index (χ0) is 18.5. The molecule has 1 saturated heterocycles. The molecule has 2 unspecified atom stereocenters. The van der Waals surface area contributed by atoms with E-state index in [9.17, 15) is 0 Å². The molecule has 0 saturated carbocycles. The number of hydrogen-bond acceptors (Lipinski definition) is 3. The van der Waals surface area contributed by atoms with Gasteiger partial charge in [0, 0.05) is 44.7 Å². The lowest BCUT2D eigenvalue weighted by atomic mass is 9.97. The Morgan fingerprint density at radius 3 is 2.81 bits per heavy atom. The molecule has 1 aromatic rings. The summed E-state index contributed by atoms with van der Waals surface area (Å²) in [7, 11) is 0. The standard InChI is InChI=1S/C21H35N3O2/c1-3-19(20-9-6-5-7-10-20)15-24-21(22-4-2)23-12-8-13-25-16-18-11-14-26-17-18/h5-7,9-10,18-19H,3-4,8,11-17H2,1-2H3,(H2,22,23,24). The maximum Gasteiger partial charge on any atom is 0.191 e. The molecule has 0 radical (unpaired) electrons. The van der Waals surface area contributed by atoms with Crippen molar-refractivity contribution in [1.82, 2.24) is 10.6 Å². The highest BCUT2D eigenvalue weighted by Crippen LogP contribution is 2.19. The molecule has 0 bridgehead atoms. The molecule has 5 heteroatoms. The fourth-order valence-corrected chi connectivity index (χ4v) is 3.08. The lowest BCUT2D eigenvalue weighted by Gasteiger charge is -2.16. The van der Waals surface area contributed by atoms with Crippen LogP contribution in [0.5, 0.6) is 0 Å². The number of hydrogen-bond donors (Lipinski definition) is 2. The van der Waals surface area contributed by atoms with Crippen molar-refractivity contribution in [3.63, 3.8) is 0 Å². The maximum atomic E-state index is 5.75. The van der Waals surface area contributed by atoms with E-state index >= 15 is 0 Å². The fourth-order valence-electron chi connectivity index (χ4n) is 3.08. The van der Waals surface area contributed by atoms with Gasteiger partial charge in [-0.1, -0.05) is 37.3 Å². The summed E-state index contributed by atoms with van der Waals surface area (Å²) in [5, 5.41) is 6.74. The van der Waals surface area contributed by atoms with E-state index in [4.69, 9.17) is 14.5 Å². The Labute approximate surface area is 158 Å². The van der Waals surface area contributed by atoms with Crippen molar-refractivity contribution in [3.8, 4) is 0 Å². The molecule has 5 nitrogen and oxygen atoms in total. The number of rotatable bonds is 11. The van der Waals surface area contributed by atoms with Crippen LogP contribution in [0.2, 0.25) is 0 Å². The van der Waals surface area contributed by atoms with Crippen LogP contribution in [0.3, 0.4) is 0 Å². The Kier molecular flexibility index (Phi) is 10.1. The average Bonchev–Trinajstić information content (AvgIpc) is 3.19. The van der Waals surface area contributed by atoms with Crippen LogP contribution in [0, 0.1) is 5.92 Å². The molecule has 0 amide bonds. The van der Waals surface area contributed by atoms with Crippen LogP contribution >= 0.6 is 0 Å². The van der Waals surface area contributed by atoms with Gasteiger partial charge in [-0.15, -0.1) is 0 Å². The Morgan fingerprint density at radius 2 is 2.12 bits per heavy atom. The van der Waals surface area contributed by atoms with Gasteiger partial charge in [-0.05, 0) is 31.7 Å². The molecular weight excluding hydrogens is 326 g/mol. The molecule has 0 aromatic heterocycles. The van der Waals surface area contributed by atoms with Gasteiger partial charge in [-0.25, -0.2) is 0 Å². The van der Waals surface area contributed by atoms with Crippen molar-refractivity contribution in [2.45, 2.75) is 39.0 Å². The van der Waals surface area contributed by atoms with Gasteiger partial charge in [0.25, 0.3) is 0 Å². The summed E-state index contributed by atoms with van der Waals surface area (Å²) in [6.45, 7) is 10.2. The minimum Gasteiger partial charge on any atom is -0.381 e. The second-order valence-corrected chi connectivity index (χ2v) is 6.82. The molecule has 2 rings (SSSR count). The van der Waals surface area contributed by atoms with E-state index in [0.717, 1.165) is 71.3 Å². The highest BCUT2D eigenvalue weighted by atomic mass is 16.5. The number of nitrogens with one attached hydrogen (secondary N) is 2. The van der Waals surface area contributed by atoms with E-state index in [1.165, 1.54) is 5.56 Å². The van der Waals surface area contributed by atoms with Crippen molar-refractivity contribution in [2.24, 2.45) is 10.9 Å². The average molecular weight is 362 g/mol. The molecule has 1 aliphatic heterocycles. The second-order valence-electron chi connectivity index (χ2n) is 6.82. The van der Waals surface area contributed by atoms with E-state index in [-0.39, 0.29) is 0 Å². The van der Waals surface area contributed by atoms with Gasteiger partial charge in [0.15, 0.2) is 5.96 Å². The molecule has 1 aromatic carbocycles. The monoisotopic (exact) mass is 361 g/mol. The van der Waals surface area contributed by atoms with Crippen molar-refractivity contribution < 1.29 is 9.47 Å². The minimum absolute atomic E-state index is 0.462. The maximum absolute atomic E-state index is 5.75.